The van der Waals surface area contributed by atoms with E-state index < -0.39 is 86.8 Å². The van der Waals surface area contributed by atoms with Gasteiger partial charge in [0.2, 0.25) is 5.91 Å². The van der Waals surface area contributed by atoms with Crippen LogP contribution in [0.3, 0.4) is 0 Å². The molecule has 2 fully saturated rings. The average molecular weight is 1040 g/mol. The highest BCUT2D eigenvalue weighted by Crippen LogP contribution is 2.30. The number of unbranched alkanes of at least 4 members (excludes halogenated alkanes) is 36. The standard InChI is InChI=1S/C59H113NO13/c1-3-5-7-9-11-13-15-17-19-21-23-24-25-27-29-31-33-35-37-39-41-43-51(64)60-47(48(63)42-40-38-36-34-32-30-28-26-22-20-18-16-14-12-10-8-6-4-2)46-70-58-56(69)54(67)57(50(45-62)72-58)73-59-55(68)53(66)52(65)49(44-61)71-59/h40,42,47-50,52-59,61-63,65-69H,3-39,41,43-46H2,1-2H3,(H,60,64)/b42-40+. The topological polar surface area (TPSA) is 228 Å². The summed E-state index contributed by atoms with van der Waals surface area (Å²) in [6, 6.07) is -0.909. The summed E-state index contributed by atoms with van der Waals surface area (Å²) in [6.45, 7) is 2.83. The fourth-order valence-corrected chi connectivity index (χ4v) is 10.3. The van der Waals surface area contributed by atoms with Crippen LogP contribution in [0.25, 0.3) is 0 Å². The Bertz CT molecular complexity index is 1280. The van der Waals surface area contributed by atoms with Gasteiger partial charge in [-0.1, -0.05) is 251 Å². The van der Waals surface area contributed by atoms with Crippen molar-refractivity contribution in [3.63, 3.8) is 0 Å². The molecule has 73 heavy (non-hydrogen) atoms. The summed E-state index contributed by atoms with van der Waals surface area (Å²) in [6.07, 6.45) is 35.3. The molecule has 0 bridgehead atoms. The van der Waals surface area contributed by atoms with Crippen molar-refractivity contribution in [2.45, 2.75) is 338 Å². The number of carbonyl (C=O) groups is 1. The average Bonchev–Trinajstić information content (AvgIpc) is 3.39. The van der Waals surface area contributed by atoms with E-state index in [0.29, 0.717) is 6.42 Å². The van der Waals surface area contributed by atoms with Gasteiger partial charge in [0.25, 0.3) is 0 Å². The zero-order valence-corrected chi connectivity index (χ0v) is 46.4. The van der Waals surface area contributed by atoms with E-state index >= 15 is 0 Å². The van der Waals surface area contributed by atoms with Crippen molar-refractivity contribution in [3.8, 4) is 0 Å². The zero-order chi connectivity index (χ0) is 53.2. The molecule has 9 N–H and O–H groups in total. The molecule has 0 aromatic heterocycles. The number of ether oxygens (including phenoxy) is 4. The second-order valence-electron chi connectivity index (χ2n) is 21.8. The number of nitrogens with one attached hydrogen (secondary N) is 1. The number of allylic oxidation sites excluding steroid dienone is 1. The second kappa shape index (κ2) is 45.7. The van der Waals surface area contributed by atoms with Gasteiger partial charge >= 0.3 is 0 Å². The highest BCUT2D eigenvalue weighted by atomic mass is 16.7. The number of amides is 1. The SMILES string of the molecule is CCCCCCCCCCCCCCCCCC/C=C/C(O)C(COC1OC(CO)C(OC2OC(CO)C(O)C(O)C2O)C(O)C1O)NC(=O)CCCCCCCCCCCCCCCCCCCCCCC. The zero-order valence-electron chi connectivity index (χ0n) is 46.4. The number of rotatable bonds is 49. The highest BCUT2D eigenvalue weighted by Gasteiger charge is 2.51. The van der Waals surface area contributed by atoms with Crippen LogP contribution in [-0.2, 0) is 23.7 Å². The van der Waals surface area contributed by atoms with Crippen LogP contribution in [0.5, 0.6) is 0 Å². The lowest BCUT2D eigenvalue weighted by Crippen LogP contribution is -2.65. The first-order valence-corrected chi connectivity index (χ1v) is 30.4. The highest BCUT2D eigenvalue weighted by molar-refractivity contribution is 5.76. The summed E-state index contributed by atoms with van der Waals surface area (Å²) in [5.41, 5.74) is 0. The minimum Gasteiger partial charge on any atom is -0.394 e. The fraction of sp³-hybridized carbons (Fsp3) is 0.949. The van der Waals surface area contributed by atoms with Crippen LogP contribution in [0.2, 0.25) is 0 Å². The Morgan fingerprint density at radius 2 is 0.849 bits per heavy atom. The lowest BCUT2D eigenvalue weighted by molar-refractivity contribution is -0.359. The van der Waals surface area contributed by atoms with Crippen LogP contribution in [0, 0.1) is 0 Å². The van der Waals surface area contributed by atoms with Gasteiger partial charge in [0, 0.05) is 6.42 Å². The maximum Gasteiger partial charge on any atom is 0.220 e. The van der Waals surface area contributed by atoms with Crippen LogP contribution in [0.1, 0.15) is 264 Å². The minimum atomic E-state index is -1.79. The van der Waals surface area contributed by atoms with E-state index in [2.05, 4.69) is 19.2 Å². The van der Waals surface area contributed by atoms with Crippen molar-refractivity contribution in [1.82, 2.24) is 5.32 Å². The summed E-state index contributed by atoms with van der Waals surface area (Å²) in [7, 11) is 0. The maximum atomic E-state index is 13.3. The van der Waals surface area contributed by atoms with Crippen LogP contribution in [0.15, 0.2) is 12.2 Å². The van der Waals surface area contributed by atoms with Gasteiger partial charge < -0.3 is 65.1 Å². The number of hydrogen-bond acceptors (Lipinski definition) is 13. The molecule has 2 heterocycles. The lowest BCUT2D eigenvalue weighted by Gasteiger charge is -2.46. The molecule has 0 aromatic carbocycles. The first-order chi connectivity index (χ1) is 35.6. The monoisotopic (exact) mass is 1040 g/mol. The molecular weight excluding hydrogens is 931 g/mol. The van der Waals surface area contributed by atoms with Crippen LogP contribution in [-0.4, -0.2) is 140 Å². The van der Waals surface area contributed by atoms with Gasteiger partial charge in [0.15, 0.2) is 12.6 Å². The van der Waals surface area contributed by atoms with E-state index in [9.17, 15) is 45.6 Å². The molecule has 12 unspecified atom stereocenters. The molecule has 0 radical (unpaired) electrons. The molecule has 1 amide bonds. The molecule has 2 aliphatic rings. The molecule has 0 aliphatic carbocycles. The third-order valence-corrected chi connectivity index (χ3v) is 15.2. The minimum absolute atomic E-state index is 0.233. The fourth-order valence-electron chi connectivity index (χ4n) is 10.3. The lowest BCUT2D eigenvalue weighted by atomic mass is 9.97. The first-order valence-electron chi connectivity index (χ1n) is 30.4. The summed E-state index contributed by atoms with van der Waals surface area (Å²) in [5.74, 6) is -0.233. The van der Waals surface area contributed by atoms with Gasteiger partial charge in [0.1, 0.15) is 48.8 Å². The maximum absolute atomic E-state index is 13.3. The molecular formula is C59H113NO13. The summed E-state index contributed by atoms with van der Waals surface area (Å²) >= 11 is 0. The molecule has 14 heteroatoms. The van der Waals surface area contributed by atoms with E-state index in [1.165, 1.54) is 199 Å². The molecule has 432 valence electrons. The van der Waals surface area contributed by atoms with E-state index in [4.69, 9.17) is 18.9 Å². The third-order valence-electron chi connectivity index (χ3n) is 15.2. The van der Waals surface area contributed by atoms with E-state index in [0.717, 1.165) is 38.5 Å². The Hall–Kier alpha value is -1.27. The second-order valence-corrected chi connectivity index (χ2v) is 21.8. The Labute approximate surface area is 444 Å². The molecule has 0 spiro atoms. The number of aliphatic hydroxyl groups excluding tert-OH is 8. The summed E-state index contributed by atoms with van der Waals surface area (Å²) in [4.78, 5) is 13.3. The van der Waals surface area contributed by atoms with Gasteiger partial charge in [0.05, 0.1) is 32.0 Å². The van der Waals surface area contributed by atoms with E-state index in [1.54, 1.807) is 6.08 Å². The Balaban J connectivity index is 1.76. The van der Waals surface area contributed by atoms with Crippen molar-refractivity contribution in [2.75, 3.05) is 19.8 Å². The Morgan fingerprint density at radius 1 is 0.479 bits per heavy atom. The molecule has 2 aliphatic heterocycles. The Kier molecular flexibility index (Phi) is 42.5. The summed E-state index contributed by atoms with van der Waals surface area (Å²) < 4.78 is 22.8. The van der Waals surface area contributed by atoms with Gasteiger partial charge in [-0.3, -0.25) is 4.79 Å². The van der Waals surface area contributed by atoms with Crippen molar-refractivity contribution >= 4 is 5.91 Å². The van der Waals surface area contributed by atoms with Gasteiger partial charge in [-0.05, 0) is 19.3 Å². The van der Waals surface area contributed by atoms with Gasteiger partial charge in [-0.15, -0.1) is 0 Å². The van der Waals surface area contributed by atoms with Crippen molar-refractivity contribution in [3.05, 3.63) is 12.2 Å². The smallest absolute Gasteiger partial charge is 0.220 e. The molecule has 12 atom stereocenters. The first kappa shape index (κ1) is 67.8. The number of carbonyl (C=O) groups excluding carboxylic acids is 1. The van der Waals surface area contributed by atoms with Gasteiger partial charge in [-0.25, -0.2) is 0 Å². The van der Waals surface area contributed by atoms with Crippen LogP contribution < -0.4 is 5.32 Å². The molecule has 0 saturated carbocycles. The van der Waals surface area contributed by atoms with Crippen LogP contribution >= 0.6 is 0 Å². The van der Waals surface area contributed by atoms with Crippen molar-refractivity contribution in [2.24, 2.45) is 0 Å². The molecule has 2 saturated heterocycles. The quantitative estimate of drug-likeness (QED) is 0.0204. The molecule has 0 aromatic rings. The predicted molar refractivity (Wildman–Crippen MR) is 291 cm³/mol. The number of hydrogen-bond donors (Lipinski definition) is 9. The van der Waals surface area contributed by atoms with E-state index in [1.807, 2.05) is 6.08 Å². The van der Waals surface area contributed by atoms with Crippen molar-refractivity contribution < 1.29 is 64.6 Å². The van der Waals surface area contributed by atoms with Gasteiger partial charge in [-0.2, -0.15) is 0 Å². The predicted octanol–water partition coefficient (Wildman–Crippen LogP) is 10.3. The van der Waals surface area contributed by atoms with Crippen molar-refractivity contribution in [1.29, 1.82) is 0 Å². The summed E-state index contributed by atoms with van der Waals surface area (Å²) in [5, 5.41) is 87.1. The normalized spacial score (nSPS) is 25.4. The third kappa shape index (κ3) is 31.7. The van der Waals surface area contributed by atoms with Crippen LogP contribution in [0.4, 0.5) is 0 Å². The number of aliphatic hydroxyl groups is 8. The molecule has 2 rings (SSSR count). The van der Waals surface area contributed by atoms with E-state index in [-0.39, 0.29) is 18.9 Å². The molecule has 14 nitrogen and oxygen atoms in total. The Morgan fingerprint density at radius 3 is 1.26 bits per heavy atom. The largest absolute Gasteiger partial charge is 0.394 e.